The van der Waals surface area contributed by atoms with E-state index in [1.807, 2.05) is 26.0 Å². The summed E-state index contributed by atoms with van der Waals surface area (Å²) in [4.78, 5) is 0. The van der Waals surface area contributed by atoms with Crippen LogP contribution < -0.4 is 9.92 Å². The smallest absolute Gasteiger partial charge is 0.164 e. The lowest BCUT2D eigenvalue weighted by Crippen LogP contribution is -2.40. The molecule has 0 aliphatic heterocycles. The van der Waals surface area contributed by atoms with Gasteiger partial charge < -0.3 is 4.74 Å². The van der Waals surface area contributed by atoms with Gasteiger partial charge in [0.05, 0.1) is 14.2 Å². The molecule has 1 rings (SSSR count). The molecule has 0 saturated carbocycles. The highest BCUT2D eigenvalue weighted by atomic mass is 28.3. The van der Waals surface area contributed by atoms with Crippen LogP contribution in [0.1, 0.15) is 13.8 Å². The van der Waals surface area contributed by atoms with Crippen LogP contribution in [0.2, 0.25) is 19.6 Å². The minimum Gasteiger partial charge on any atom is -0.488 e. The summed E-state index contributed by atoms with van der Waals surface area (Å²) in [5, 5.41) is 0.834. The van der Waals surface area contributed by atoms with Crippen LogP contribution in [0.15, 0.2) is 18.2 Å². The number of ether oxygens (including phenoxy) is 1. The second-order valence-corrected chi connectivity index (χ2v) is 10.1. The highest BCUT2D eigenvalue weighted by Gasteiger charge is 2.22. The molecule has 0 aliphatic carbocycles. The minimum atomic E-state index is -1.62. The maximum absolute atomic E-state index is 14.0. The van der Waals surface area contributed by atoms with Crippen molar-refractivity contribution in [1.82, 2.24) is 0 Å². The topological polar surface area (TPSA) is 9.23 Å². The SMILES string of the molecule is CC(C)Oc1cccc([Si](C)(C)C)c1F. The second kappa shape index (κ2) is 4.35. The van der Waals surface area contributed by atoms with Gasteiger partial charge in [-0.2, -0.15) is 0 Å². The van der Waals surface area contributed by atoms with Gasteiger partial charge in [-0.25, -0.2) is 4.39 Å². The quantitative estimate of drug-likeness (QED) is 0.719. The standard InChI is InChI=1S/C12H19FOSi/c1-9(2)14-10-7-6-8-11(12(10)13)15(3,4)5/h6-9H,1-5H3. The van der Waals surface area contributed by atoms with Crippen molar-refractivity contribution < 1.29 is 9.13 Å². The third kappa shape index (κ3) is 3.06. The molecule has 0 spiro atoms. The van der Waals surface area contributed by atoms with Crippen LogP contribution in [0.5, 0.6) is 5.75 Å². The summed E-state index contributed by atoms with van der Waals surface area (Å²) >= 11 is 0. The normalized spacial score (nSPS) is 11.9. The molecule has 0 unspecified atom stereocenters. The molecule has 0 bridgehead atoms. The fourth-order valence-electron chi connectivity index (χ4n) is 1.43. The first-order chi connectivity index (χ1) is 6.82. The Morgan fingerprint density at radius 1 is 1.20 bits per heavy atom. The molecule has 0 fully saturated rings. The Kier molecular flexibility index (Phi) is 3.55. The van der Waals surface area contributed by atoms with Crippen molar-refractivity contribution in [3.05, 3.63) is 24.0 Å². The summed E-state index contributed by atoms with van der Waals surface area (Å²) in [6, 6.07) is 5.43. The van der Waals surface area contributed by atoms with Gasteiger partial charge in [0.25, 0.3) is 0 Å². The fourth-order valence-corrected chi connectivity index (χ4v) is 2.81. The largest absolute Gasteiger partial charge is 0.488 e. The number of rotatable bonds is 3. The number of benzene rings is 1. The Balaban J connectivity index is 3.12. The first-order valence-corrected chi connectivity index (χ1v) is 8.78. The molecule has 0 aromatic heterocycles. The summed E-state index contributed by atoms with van der Waals surface area (Å²) < 4.78 is 19.5. The third-order valence-corrected chi connectivity index (χ3v) is 4.14. The molecule has 1 aromatic rings. The van der Waals surface area contributed by atoms with Crippen LogP contribution in [0.4, 0.5) is 4.39 Å². The van der Waals surface area contributed by atoms with Crippen molar-refractivity contribution in [3.8, 4) is 5.75 Å². The van der Waals surface area contributed by atoms with E-state index in [1.165, 1.54) is 0 Å². The molecule has 0 radical (unpaired) electrons. The number of hydrogen-bond acceptors (Lipinski definition) is 1. The highest BCUT2D eigenvalue weighted by molar-refractivity contribution is 6.88. The summed E-state index contributed by atoms with van der Waals surface area (Å²) in [6.45, 7) is 10.2. The summed E-state index contributed by atoms with van der Waals surface area (Å²) in [5.74, 6) is 0.204. The predicted octanol–water partition coefficient (Wildman–Crippen LogP) is 3.16. The molecule has 1 nitrogen and oxygen atoms in total. The van der Waals surface area contributed by atoms with E-state index in [9.17, 15) is 4.39 Å². The zero-order chi connectivity index (χ0) is 11.6. The third-order valence-electron chi connectivity index (χ3n) is 2.13. The lowest BCUT2D eigenvalue weighted by atomic mass is 10.3. The van der Waals surface area contributed by atoms with Crippen LogP contribution >= 0.6 is 0 Å². The molecule has 15 heavy (non-hydrogen) atoms. The van der Waals surface area contributed by atoms with Crippen molar-refractivity contribution in [2.75, 3.05) is 0 Å². The molecule has 84 valence electrons. The number of halogens is 1. The molecule has 1 aromatic carbocycles. The van der Waals surface area contributed by atoms with Gasteiger partial charge in [0, 0.05) is 0 Å². The van der Waals surface area contributed by atoms with Crippen molar-refractivity contribution in [3.63, 3.8) is 0 Å². The Hall–Kier alpha value is -0.833. The van der Waals surface area contributed by atoms with E-state index < -0.39 is 8.07 Å². The zero-order valence-corrected chi connectivity index (χ0v) is 11.1. The Labute approximate surface area is 92.3 Å². The van der Waals surface area contributed by atoms with Crippen molar-refractivity contribution >= 4 is 13.3 Å². The Morgan fingerprint density at radius 2 is 1.80 bits per heavy atom. The van der Waals surface area contributed by atoms with Gasteiger partial charge in [-0.05, 0) is 25.1 Å². The molecular weight excluding hydrogens is 207 g/mol. The van der Waals surface area contributed by atoms with E-state index in [2.05, 4.69) is 19.6 Å². The van der Waals surface area contributed by atoms with Gasteiger partial charge in [0.2, 0.25) is 0 Å². The Bertz CT molecular complexity index is 342. The second-order valence-electron chi connectivity index (χ2n) is 5.03. The zero-order valence-electron chi connectivity index (χ0n) is 10.1. The van der Waals surface area contributed by atoms with Crippen LogP contribution in [0.3, 0.4) is 0 Å². The van der Waals surface area contributed by atoms with Crippen molar-refractivity contribution in [2.24, 2.45) is 0 Å². The fraction of sp³-hybridized carbons (Fsp3) is 0.500. The molecular formula is C12H19FOSi. The van der Waals surface area contributed by atoms with Crippen LogP contribution in [0, 0.1) is 5.82 Å². The molecule has 0 N–H and O–H groups in total. The monoisotopic (exact) mass is 226 g/mol. The maximum Gasteiger partial charge on any atom is 0.164 e. The lowest BCUT2D eigenvalue weighted by Gasteiger charge is -2.20. The first kappa shape index (κ1) is 12.2. The van der Waals surface area contributed by atoms with E-state index in [4.69, 9.17) is 4.74 Å². The molecule has 0 heterocycles. The first-order valence-electron chi connectivity index (χ1n) is 5.28. The molecule has 0 saturated heterocycles. The predicted molar refractivity (Wildman–Crippen MR) is 65.1 cm³/mol. The minimum absolute atomic E-state index is 0.0105. The van der Waals surface area contributed by atoms with E-state index in [-0.39, 0.29) is 11.9 Å². The summed E-state index contributed by atoms with van der Waals surface area (Å²) in [6.07, 6.45) is 0.0105. The van der Waals surface area contributed by atoms with E-state index in [0.717, 1.165) is 5.19 Å². The van der Waals surface area contributed by atoms with E-state index >= 15 is 0 Å². The van der Waals surface area contributed by atoms with Gasteiger partial charge in [-0.1, -0.05) is 31.8 Å². The van der Waals surface area contributed by atoms with Gasteiger partial charge in [0.1, 0.15) is 0 Å². The number of hydrogen-bond donors (Lipinski definition) is 0. The van der Waals surface area contributed by atoms with Crippen LogP contribution in [-0.4, -0.2) is 14.2 Å². The summed E-state index contributed by atoms with van der Waals surface area (Å²) in [7, 11) is -1.62. The molecule has 0 aliphatic rings. The molecule has 0 atom stereocenters. The maximum atomic E-state index is 14.0. The summed E-state index contributed by atoms with van der Waals surface area (Å²) in [5.41, 5.74) is 0. The van der Waals surface area contributed by atoms with Gasteiger partial charge >= 0.3 is 0 Å². The van der Waals surface area contributed by atoms with E-state index in [1.54, 1.807) is 6.07 Å². The van der Waals surface area contributed by atoms with Gasteiger partial charge in [-0.3, -0.25) is 0 Å². The van der Waals surface area contributed by atoms with E-state index in [0.29, 0.717) is 5.75 Å². The van der Waals surface area contributed by atoms with Crippen molar-refractivity contribution in [1.29, 1.82) is 0 Å². The van der Waals surface area contributed by atoms with Crippen LogP contribution in [-0.2, 0) is 0 Å². The average molecular weight is 226 g/mol. The average Bonchev–Trinajstić information content (AvgIpc) is 2.05. The molecule has 3 heteroatoms. The van der Waals surface area contributed by atoms with Gasteiger partial charge in [0.15, 0.2) is 11.6 Å². The van der Waals surface area contributed by atoms with Crippen molar-refractivity contribution in [2.45, 2.75) is 39.6 Å². The van der Waals surface area contributed by atoms with Gasteiger partial charge in [-0.15, -0.1) is 0 Å². The Morgan fingerprint density at radius 3 is 2.27 bits per heavy atom. The highest BCUT2D eigenvalue weighted by Crippen LogP contribution is 2.18. The molecule has 0 amide bonds. The lowest BCUT2D eigenvalue weighted by molar-refractivity contribution is 0.232. The van der Waals surface area contributed by atoms with Crippen LogP contribution in [0.25, 0.3) is 0 Å².